The predicted octanol–water partition coefficient (Wildman–Crippen LogP) is 5.06. The highest BCUT2D eigenvalue weighted by Gasteiger charge is 2.24. The molecule has 1 atom stereocenters. The number of phenols is 1. The Kier molecular flexibility index (Phi) is 4.51. The van der Waals surface area contributed by atoms with Gasteiger partial charge in [-0.3, -0.25) is 4.98 Å². The first-order valence-corrected chi connectivity index (χ1v) is 9.99. The molecule has 0 aliphatic carbocycles. The maximum absolute atomic E-state index is 11.2. The van der Waals surface area contributed by atoms with Gasteiger partial charge in [0, 0.05) is 40.9 Å². The van der Waals surface area contributed by atoms with Crippen LogP contribution < -0.4 is 9.47 Å². The van der Waals surface area contributed by atoms with E-state index in [1.54, 1.807) is 0 Å². The zero-order chi connectivity index (χ0) is 20.7. The number of aryl methyl sites for hydroxylation is 2. The highest BCUT2D eigenvalue weighted by atomic mass is 16.7. The number of pyridine rings is 2. The summed E-state index contributed by atoms with van der Waals surface area (Å²) in [6.45, 7) is 4.21. The second-order valence-corrected chi connectivity index (χ2v) is 7.72. The minimum absolute atomic E-state index is 0.111. The summed E-state index contributed by atoms with van der Waals surface area (Å²) in [4.78, 5) is 9.14. The van der Waals surface area contributed by atoms with E-state index in [1.165, 1.54) is 0 Å². The molecule has 1 unspecified atom stereocenters. The topological polar surface area (TPSA) is 64.5 Å². The summed E-state index contributed by atoms with van der Waals surface area (Å²) in [7, 11) is 0. The summed E-state index contributed by atoms with van der Waals surface area (Å²) in [6, 6.07) is 18.0. The third kappa shape index (κ3) is 3.32. The molecule has 4 aromatic rings. The van der Waals surface area contributed by atoms with Gasteiger partial charge >= 0.3 is 0 Å². The van der Waals surface area contributed by atoms with E-state index in [9.17, 15) is 5.11 Å². The van der Waals surface area contributed by atoms with Gasteiger partial charge in [0.25, 0.3) is 0 Å². The van der Waals surface area contributed by atoms with E-state index >= 15 is 0 Å². The maximum atomic E-state index is 11.2. The zero-order valence-electron chi connectivity index (χ0n) is 16.9. The highest BCUT2D eigenvalue weighted by Crippen LogP contribution is 2.41. The van der Waals surface area contributed by atoms with Crippen LogP contribution in [0, 0.1) is 13.8 Å². The SMILES string of the molecule is Cc1ccnc(CC(c2ccc3c(c2)OCO3)c2ccc3ccc(C)nc3c2O)c1. The molecule has 150 valence electrons. The number of hydrogen-bond donors (Lipinski definition) is 1. The molecule has 0 amide bonds. The molecule has 0 fully saturated rings. The van der Waals surface area contributed by atoms with Crippen molar-refractivity contribution >= 4 is 10.9 Å². The lowest BCUT2D eigenvalue weighted by Crippen LogP contribution is -2.07. The number of phenolic OH excluding ortho intramolecular Hbond substituents is 1. The summed E-state index contributed by atoms with van der Waals surface area (Å²) in [5.41, 5.74) is 5.47. The third-order valence-electron chi connectivity index (χ3n) is 5.57. The van der Waals surface area contributed by atoms with Gasteiger partial charge in [-0.25, -0.2) is 4.98 Å². The Hall–Kier alpha value is -3.60. The van der Waals surface area contributed by atoms with Crippen molar-refractivity contribution in [2.24, 2.45) is 0 Å². The molecule has 30 heavy (non-hydrogen) atoms. The molecule has 2 aromatic heterocycles. The molecule has 3 heterocycles. The number of aromatic hydroxyl groups is 1. The van der Waals surface area contributed by atoms with Crippen LogP contribution in [0.4, 0.5) is 0 Å². The monoisotopic (exact) mass is 398 g/mol. The summed E-state index contributed by atoms with van der Waals surface area (Å²) in [5.74, 6) is 1.57. The fourth-order valence-corrected chi connectivity index (χ4v) is 4.02. The molecule has 0 saturated heterocycles. The quantitative estimate of drug-likeness (QED) is 0.521. The van der Waals surface area contributed by atoms with Gasteiger partial charge < -0.3 is 14.6 Å². The van der Waals surface area contributed by atoms with Crippen molar-refractivity contribution in [3.05, 3.63) is 88.9 Å². The second-order valence-electron chi connectivity index (χ2n) is 7.72. The van der Waals surface area contributed by atoms with Crippen molar-refractivity contribution in [1.82, 2.24) is 9.97 Å². The fourth-order valence-electron chi connectivity index (χ4n) is 4.02. The second kappa shape index (κ2) is 7.34. The molecular weight excluding hydrogens is 376 g/mol. The largest absolute Gasteiger partial charge is 0.505 e. The van der Waals surface area contributed by atoms with Gasteiger partial charge in [-0.1, -0.05) is 24.3 Å². The minimum atomic E-state index is -0.111. The van der Waals surface area contributed by atoms with Crippen LogP contribution in [0.1, 0.15) is 34.0 Å². The van der Waals surface area contributed by atoms with Crippen molar-refractivity contribution < 1.29 is 14.6 Å². The van der Waals surface area contributed by atoms with Crippen LogP contribution in [0.25, 0.3) is 10.9 Å². The van der Waals surface area contributed by atoms with Gasteiger partial charge in [0.2, 0.25) is 6.79 Å². The van der Waals surface area contributed by atoms with Crippen LogP contribution in [0.2, 0.25) is 0 Å². The van der Waals surface area contributed by atoms with E-state index < -0.39 is 0 Å². The van der Waals surface area contributed by atoms with Gasteiger partial charge in [0.1, 0.15) is 11.3 Å². The van der Waals surface area contributed by atoms with Gasteiger partial charge in [-0.2, -0.15) is 0 Å². The predicted molar refractivity (Wildman–Crippen MR) is 115 cm³/mol. The maximum Gasteiger partial charge on any atom is 0.231 e. The van der Waals surface area contributed by atoms with E-state index in [1.807, 2.05) is 61.7 Å². The van der Waals surface area contributed by atoms with Gasteiger partial charge in [0.05, 0.1) is 0 Å². The average molecular weight is 398 g/mol. The lowest BCUT2D eigenvalue weighted by molar-refractivity contribution is 0.174. The van der Waals surface area contributed by atoms with E-state index in [-0.39, 0.29) is 18.5 Å². The molecule has 0 bridgehead atoms. The normalized spacial score (nSPS) is 13.5. The lowest BCUT2D eigenvalue weighted by atomic mass is 9.85. The van der Waals surface area contributed by atoms with Crippen molar-refractivity contribution in [2.45, 2.75) is 26.2 Å². The Morgan fingerprint density at radius 3 is 2.67 bits per heavy atom. The molecule has 5 nitrogen and oxygen atoms in total. The lowest BCUT2D eigenvalue weighted by Gasteiger charge is -2.20. The summed E-state index contributed by atoms with van der Waals surface area (Å²) in [6.07, 6.45) is 2.47. The highest BCUT2D eigenvalue weighted by molar-refractivity contribution is 5.86. The summed E-state index contributed by atoms with van der Waals surface area (Å²) in [5, 5.41) is 12.1. The van der Waals surface area contributed by atoms with Crippen LogP contribution in [0.15, 0.2) is 60.8 Å². The third-order valence-corrected chi connectivity index (χ3v) is 5.57. The van der Waals surface area contributed by atoms with Gasteiger partial charge in [0.15, 0.2) is 11.5 Å². The van der Waals surface area contributed by atoms with Gasteiger partial charge in [-0.15, -0.1) is 0 Å². The molecule has 0 spiro atoms. The Bertz CT molecular complexity index is 1250. The molecule has 1 aliphatic heterocycles. The zero-order valence-corrected chi connectivity index (χ0v) is 16.9. The first-order valence-electron chi connectivity index (χ1n) is 9.99. The number of hydrogen-bond acceptors (Lipinski definition) is 5. The van der Waals surface area contributed by atoms with Crippen LogP contribution in [0.5, 0.6) is 17.2 Å². The van der Waals surface area contributed by atoms with Crippen LogP contribution >= 0.6 is 0 Å². The number of ether oxygens (including phenoxy) is 2. The number of rotatable bonds is 4. The standard InChI is InChI=1S/C25H22N2O3/c1-15-9-10-26-19(11-15)13-21(18-6-8-22-23(12-18)30-14-29-22)20-7-5-17-4-3-16(2)27-24(17)25(20)28/h3-12,21,28H,13-14H2,1-2H3. The molecule has 0 radical (unpaired) electrons. The number of nitrogens with zero attached hydrogens (tertiary/aromatic N) is 2. The van der Waals surface area contributed by atoms with E-state index in [4.69, 9.17) is 9.47 Å². The molecule has 2 aromatic carbocycles. The van der Waals surface area contributed by atoms with E-state index in [0.29, 0.717) is 11.9 Å². The minimum Gasteiger partial charge on any atom is -0.505 e. The Balaban J connectivity index is 1.66. The Morgan fingerprint density at radius 1 is 0.967 bits per heavy atom. The van der Waals surface area contributed by atoms with Gasteiger partial charge in [-0.05, 0) is 55.3 Å². The molecule has 0 saturated carbocycles. The van der Waals surface area contributed by atoms with E-state index in [0.717, 1.165) is 45.0 Å². The van der Waals surface area contributed by atoms with Crippen LogP contribution in [-0.4, -0.2) is 21.9 Å². The van der Waals surface area contributed by atoms with Crippen LogP contribution in [-0.2, 0) is 6.42 Å². The first kappa shape index (κ1) is 18.4. The van der Waals surface area contributed by atoms with Crippen LogP contribution in [0.3, 0.4) is 0 Å². The molecule has 1 N–H and O–H groups in total. The number of aromatic nitrogens is 2. The summed E-state index contributed by atoms with van der Waals surface area (Å²) < 4.78 is 11.1. The Morgan fingerprint density at radius 2 is 1.80 bits per heavy atom. The van der Waals surface area contributed by atoms with Crippen molar-refractivity contribution in [2.75, 3.05) is 6.79 Å². The van der Waals surface area contributed by atoms with Crippen molar-refractivity contribution in [1.29, 1.82) is 0 Å². The smallest absolute Gasteiger partial charge is 0.231 e. The molecule has 1 aliphatic rings. The fraction of sp³-hybridized carbons (Fsp3) is 0.200. The van der Waals surface area contributed by atoms with E-state index in [2.05, 4.69) is 23.0 Å². The first-order chi connectivity index (χ1) is 14.6. The number of benzene rings is 2. The van der Waals surface area contributed by atoms with Crippen molar-refractivity contribution in [3.63, 3.8) is 0 Å². The molecule has 5 rings (SSSR count). The molecular formula is C25H22N2O3. The summed E-state index contributed by atoms with van der Waals surface area (Å²) >= 11 is 0. The average Bonchev–Trinajstić information content (AvgIpc) is 3.21. The Labute approximate surface area is 175 Å². The van der Waals surface area contributed by atoms with Crippen molar-refractivity contribution in [3.8, 4) is 17.2 Å². The molecule has 5 heteroatoms. The number of fused-ring (bicyclic) bond motifs is 2.